The average molecular weight is 404 g/mol. The van der Waals surface area contributed by atoms with Crippen LogP contribution in [0.25, 0.3) is 22.0 Å². The minimum atomic E-state index is -0.371. The first-order chi connectivity index (χ1) is 14.6. The molecule has 6 heteroatoms. The molecule has 1 aliphatic heterocycles. The molecule has 2 heterocycles. The lowest BCUT2D eigenvalue weighted by Crippen LogP contribution is -3.13. The summed E-state index contributed by atoms with van der Waals surface area (Å²) >= 11 is 0. The number of esters is 1. The van der Waals surface area contributed by atoms with E-state index >= 15 is 0 Å². The molecule has 3 aromatic rings. The number of hydrogen-bond donors (Lipinski definition) is 1. The zero-order valence-electron chi connectivity index (χ0n) is 17.4. The molecule has 1 aromatic heterocycles. The number of rotatable bonds is 4. The van der Waals surface area contributed by atoms with Crippen molar-refractivity contribution in [2.24, 2.45) is 0 Å². The van der Waals surface area contributed by atoms with Gasteiger partial charge in [0.05, 0.1) is 44.4 Å². The fraction of sp³-hybridized carbons (Fsp3) is 0.292. The van der Waals surface area contributed by atoms with Gasteiger partial charge < -0.3 is 14.5 Å². The highest BCUT2D eigenvalue weighted by Crippen LogP contribution is 2.33. The largest absolute Gasteiger partial charge is 0.465 e. The van der Waals surface area contributed by atoms with Crippen molar-refractivity contribution in [2.45, 2.75) is 13.5 Å². The second kappa shape index (κ2) is 8.63. The lowest BCUT2D eigenvalue weighted by atomic mass is 9.93. The van der Waals surface area contributed by atoms with Gasteiger partial charge in [-0.25, -0.2) is 9.78 Å². The Hall–Kier alpha value is -3.25. The number of benzene rings is 2. The van der Waals surface area contributed by atoms with Gasteiger partial charge >= 0.3 is 5.97 Å². The number of carbonyl (C=O) groups is 2. The number of amides is 1. The molecule has 0 bridgehead atoms. The molecule has 0 atom stereocenters. The van der Waals surface area contributed by atoms with Crippen LogP contribution in [0.4, 0.5) is 0 Å². The summed E-state index contributed by atoms with van der Waals surface area (Å²) in [6, 6.07) is 17.8. The predicted octanol–water partition coefficient (Wildman–Crippen LogP) is 1.94. The number of hydrogen-bond acceptors (Lipinski definition) is 4. The Morgan fingerprint density at radius 3 is 2.37 bits per heavy atom. The Labute approximate surface area is 176 Å². The van der Waals surface area contributed by atoms with Gasteiger partial charge in [0.1, 0.15) is 12.2 Å². The van der Waals surface area contributed by atoms with E-state index in [9.17, 15) is 9.59 Å². The lowest BCUT2D eigenvalue weighted by Gasteiger charge is -2.31. The van der Waals surface area contributed by atoms with Crippen molar-refractivity contribution in [1.82, 2.24) is 9.88 Å². The molecule has 0 unspecified atom stereocenters. The molecule has 154 valence electrons. The molecule has 0 saturated carbocycles. The highest BCUT2D eigenvalue weighted by atomic mass is 16.5. The molecular formula is C24H26N3O3+. The maximum Gasteiger partial charge on any atom is 0.340 e. The van der Waals surface area contributed by atoms with E-state index in [1.807, 2.05) is 59.5 Å². The summed E-state index contributed by atoms with van der Waals surface area (Å²) in [4.78, 5) is 32.6. The van der Waals surface area contributed by atoms with E-state index in [1.165, 1.54) is 12.0 Å². The summed E-state index contributed by atoms with van der Waals surface area (Å²) in [5, 5.41) is 0.934. The standard InChI is InChI=1S/C24H25N3O3/c1-17(28)27-14-12-26(13-15-27)16-21-23(24(29)30-2)22(18-8-4-3-5-9-18)19-10-6-7-11-20(19)25-21/h3-11H,12-16H2,1-2H3/p+1. The molecule has 1 aliphatic rings. The molecule has 0 aliphatic carbocycles. The van der Waals surface area contributed by atoms with E-state index in [-0.39, 0.29) is 11.9 Å². The average Bonchev–Trinajstić information content (AvgIpc) is 2.78. The van der Waals surface area contributed by atoms with E-state index in [1.54, 1.807) is 6.92 Å². The number of piperazine rings is 1. The Kier molecular flexibility index (Phi) is 5.77. The third-order valence-electron chi connectivity index (χ3n) is 5.75. The van der Waals surface area contributed by atoms with Crippen LogP contribution >= 0.6 is 0 Å². The zero-order valence-corrected chi connectivity index (χ0v) is 17.4. The van der Waals surface area contributed by atoms with Crippen LogP contribution in [0.15, 0.2) is 54.6 Å². The van der Waals surface area contributed by atoms with Crippen LogP contribution in [0.3, 0.4) is 0 Å². The van der Waals surface area contributed by atoms with Crippen LogP contribution < -0.4 is 4.90 Å². The second-order valence-electron chi connectivity index (χ2n) is 7.62. The van der Waals surface area contributed by atoms with E-state index in [4.69, 9.17) is 9.72 Å². The third-order valence-corrected chi connectivity index (χ3v) is 5.75. The predicted molar refractivity (Wildman–Crippen MR) is 115 cm³/mol. The minimum Gasteiger partial charge on any atom is -0.465 e. The summed E-state index contributed by atoms with van der Waals surface area (Å²) in [7, 11) is 1.41. The van der Waals surface area contributed by atoms with Gasteiger partial charge in [-0.3, -0.25) is 4.79 Å². The monoisotopic (exact) mass is 404 g/mol. The molecule has 1 N–H and O–H groups in total. The number of fused-ring (bicyclic) bond motifs is 1. The Bertz CT molecular complexity index is 1070. The lowest BCUT2D eigenvalue weighted by molar-refractivity contribution is -0.917. The van der Waals surface area contributed by atoms with Crippen molar-refractivity contribution in [2.75, 3.05) is 33.3 Å². The summed E-state index contributed by atoms with van der Waals surface area (Å²) in [6.45, 7) is 5.32. The van der Waals surface area contributed by atoms with Crippen LogP contribution in [-0.2, 0) is 16.1 Å². The van der Waals surface area contributed by atoms with Gasteiger partial charge in [0.15, 0.2) is 0 Å². The number of pyridine rings is 1. The molecule has 1 saturated heterocycles. The Morgan fingerprint density at radius 2 is 1.70 bits per heavy atom. The van der Waals surface area contributed by atoms with Gasteiger partial charge in [-0.15, -0.1) is 0 Å². The fourth-order valence-corrected chi connectivity index (χ4v) is 4.17. The highest BCUT2D eigenvalue weighted by Gasteiger charge is 2.28. The van der Waals surface area contributed by atoms with Gasteiger partial charge in [-0.05, 0) is 11.6 Å². The van der Waals surface area contributed by atoms with Crippen molar-refractivity contribution < 1.29 is 19.2 Å². The van der Waals surface area contributed by atoms with Gasteiger partial charge in [-0.2, -0.15) is 0 Å². The van der Waals surface area contributed by atoms with Crippen LogP contribution in [0, 0.1) is 0 Å². The van der Waals surface area contributed by atoms with Crippen LogP contribution in [0.5, 0.6) is 0 Å². The van der Waals surface area contributed by atoms with Crippen molar-refractivity contribution in [3.05, 3.63) is 65.9 Å². The Morgan fingerprint density at radius 1 is 1.03 bits per heavy atom. The minimum absolute atomic E-state index is 0.111. The molecule has 2 aromatic carbocycles. The zero-order chi connectivity index (χ0) is 21.1. The summed E-state index contributed by atoms with van der Waals surface area (Å²) in [5.41, 5.74) is 3.97. The maximum atomic E-state index is 12.9. The van der Waals surface area contributed by atoms with E-state index in [0.29, 0.717) is 12.1 Å². The van der Waals surface area contributed by atoms with Crippen molar-refractivity contribution in [3.63, 3.8) is 0 Å². The van der Waals surface area contributed by atoms with Crippen LogP contribution in [-0.4, -0.2) is 55.0 Å². The molecule has 30 heavy (non-hydrogen) atoms. The number of methoxy groups -OCH3 is 1. The number of nitrogens with one attached hydrogen (secondary N) is 1. The number of nitrogens with zero attached hydrogens (tertiary/aromatic N) is 2. The molecule has 1 amide bonds. The normalized spacial score (nSPS) is 14.7. The second-order valence-corrected chi connectivity index (χ2v) is 7.62. The van der Waals surface area contributed by atoms with Crippen molar-refractivity contribution in [3.8, 4) is 11.1 Å². The van der Waals surface area contributed by atoms with Gasteiger partial charge in [0.2, 0.25) is 5.91 Å². The van der Waals surface area contributed by atoms with E-state index < -0.39 is 0 Å². The van der Waals surface area contributed by atoms with Crippen molar-refractivity contribution >= 4 is 22.8 Å². The molecular weight excluding hydrogens is 378 g/mol. The maximum absolute atomic E-state index is 12.9. The number of aromatic nitrogens is 1. The van der Waals surface area contributed by atoms with Crippen molar-refractivity contribution in [1.29, 1.82) is 0 Å². The molecule has 4 rings (SSSR count). The highest BCUT2D eigenvalue weighted by molar-refractivity contribution is 6.07. The van der Waals surface area contributed by atoms with E-state index in [2.05, 4.69) is 0 Å². The summed E-state index contributed by atoms with van der Waals surface area (Å²) < 4.78 is 5.18. The number of carbonyl (C=O) groups excluding carboxylic acids is 2. The van der Waals surface area contributed by atoms with Gasteiger partial charge in [0, 0.05) is 17.9 Å². The summed E-state index contributed by atoms with van der Waals surface area (Å²) in [6.07, 6.45) is 0. The smallest absolute Gasteiger partial charge is 0.340 e. The fourth-order valence-electron chi connectivity index (χ4n) is 4.17. The topological polar surface area (TPSA) is 63.9 Å². The SMILES string of the molecule is COC(=O)c1c(C[NH+]2CCN(C(C)=O)CC2)nc2ccccc2c1-c1ccccc1. The van der Waals surface area contributed by atoms with Gasteiger partial charge in [-0.1, -0.05) is 48.5 Å². The number of para-hydroxylation sites is 1. The number of ether oxygens (including phenoxy) is 1. The van der Waals surface area contributed by atoms with Crippen LogP contribution in [0.1, 0.15) is 23.0 Å². The summed E-state index contributed by atoms with van der Waals surface area (Å²) in [5.74, 6) is -0.261. The molecule has 6 nitrogen and oxygen atoms in total. The first-order valence-corrected chi connectivity index (χ1v) is 10.2. The van der Waals surface area contributed by atoms with E-state index in [0.717, 1.165) is 53.9 Å². The van der Waals surface area contributed by atoms with Gasteiger partial charge in [0.25, 0.3) is 0 Å². The van der Waals surface area contributed by atoms with Crippen LogP contribution in [0.2, 0.25) is 0 Å². The molecule has 0 radical (unpaired) electrons. The first-order valence-electron chi connectivity index (χ1n) is 10.2. The number of quaternary nitrogens is 1. The quantitative estimate of drug-likeness (QED) is 0.675. The first kappa shape index (κ1) is 20.0. The molecule has 0 spiro atoms. The third kappa shape index (κ3) is 3.91. The Balaban J connectivity index is 1.81. The molecule has 1 fully saturated rings.